The van der Waals surface area contributed by atoms with Crippen LogP contribution in [0.3, 0.4) is 0 Å². The van der Waals surface area contributed by atoms with Crippen molar-refractivity contribution < 1.29 is 9.53 Å². The van der Waals surface area contributed by atoms with E-state index in [0.29, 0.717) is 6.61 Å². The molecular formula is C16H20O2. The summed E-state index contributed by atoms with van der Waals surface area (Å²) >= 11 is 0. The van der Waals surface area contributed by atoms with E-state index in [-0.39, 0.29) is 11.9 Å². The number of ether oxygens (including phenoxy) is 1. The van der Waals surface area contributed by atoms with Crippen LogP contribution in [-0.2, 0) is 9.53 Å². The summed E-state index contributed by atoms with van der Waals surface area (Å²) in [4.78, 5) is 11.9. The van der Waals surface area contributed by atoms with Crippen LogP contribution in [0.15, 0.2) is 35.9 Å². The first kappa shape index (κ1) is 12.9. The molecule has 0 aliphatic heterocycles. The zero-order valence-electron chi connectivity index (χ0n) is 10.9. The Hall–Kier alpha value is -1.57. The van der Waals surface area contributed by atoms with Crippen molar-refractivity contribution in [3.63, 3.8) is 0 Å². The van der Waals surface area contributed by atoms with Gasteiger partial charge in [0.15, 0.2) is 0 Å². The third kappa shape index (κ3) is 3.22. The van der Waals surface area contributed by atoms with Gasteiger partial charge in [0, 0.05) is 0 Å². The molecule has 1 aromatic rings. The quantitative estimate of drug-likeness (QED) is 0.755. The van der Waals surface area contributed by atoms with Crippen LogP contribution in [0.4, 0.5) is 0 Å². The zero-order chi connectivity index (χ0) is 12.8. The summed E-state index contributed by atoms with van der Waals surface area (Å²) < 4.78 is 5.17. The molecular weight excluding hydrogens is 224 g/mol. The van der Waals surface area contributed by atoms with E-state index in [1.54, 1.807) is 0 Å². The highest BCUT2D eigenvalue weighted by Crippen LogP contribution is 2.31. The highest BCUT2D eigenvalue weighted by Gasteiger charge is 2.26. The lowest BCUT2D eigenvalue weighted by Crippen LogP contribution is -2.22. The molecule has 2 nitrogen and oxygen atoms in total. The predicted octanol–water partition coefficient (Wildman–Crippen LogP) is 3.82. The SMILES string of the molecule is CCOC(=O)[C@H]1CCCCC1=Cc1ccccc1. The van der Waals surface area contributed by atoms with Crippen LogP contribution in [0.25, 0.3) is 6.08 Å². The van der Waals surface area contributed by atoms with E-state index in [1.807, 2.05) is 25.1 Å². The van der Waals surface area contributed by atoms with E-state index >= 15 is 0 Å². The minimum Gasteiger partial charge on any atom is -0.466 e. The monoisotopic (exact) mass is 244 g/mol. The summed E-state index contributed by atoms with van der Waals surface area (Å²) in [6.07, 6.45) is 6.39. The van der Waals surface area contributed by atoms with E-state index < -0.39 is 0 Å². The van der Waals surface area contributed by atoms with Crippen LogP contribution in [0.2, 0.25) is 0 Å². The van der Waals surface area contributed by atoms with Crippen molar-refractivity contribution in [2.24, 2.45) is 5.92 Å². The van der Waals surface area contributed by atoms with Crippen molar-refractivity contribution in [2.45, 2.75) is 32.6 Å². The van der Waals surface area contributed by atoms with Gasteiger partial charge in [-0.2, -0.15) is 0 Å². The van der Waals surface area contributed by atoms with Gasteiger partial charge in [-0.15, -0.1) is 0 Å². The number of carbonyl (C=O) groups is 1. The van der Waals surface area contributed by atoms with Gasteiger partial charge < -0.3 is 4.74 Å². The summed E-state index contributed by atoms with van der Waals surface area (Å²) in [6.45, 7) is 2.33. The fourth-order valence-electron chi connectivity index (χ4n) is 2.49. The summed E-state index contributed by atoms with van der Waals surface area (Å²) in [6, 6.07) is 10.2. The summed E-state index contributed by atoms with van der Waals surface area (Å²) in [7, 11) is 0. The van der Waals surface area contributed by atoms with Gasteiger partial charge in [0.2, 0.25) is 0 Å². The van der Waals surface area contributed by atoms with E-state index in [9.17, 15) is 4.79 Å². The first-order valence-electron chi connectivity index (χ1n) is 6.73. The van der Waals surface area contributed by atoms with Crippen LogP contribution in [0.5, 0.6) is 0 Å². The van der Waals surface area contributed by atoms with E-state index in [0.717, 1.165) is 19.3 Å². The predicted molar refractivity (Wildman–Crippen MR) is 73.0 cm³/mol. The lowest BCUT2D eigenvalue weighted by molar-refractivity contribution is -0.147. The molecule has 1 atom stereocenters. The number of hydrogen-bond acceptors (Lipinski definition) is 2. The Morgan fingerprint density at radius 2 is 2.11 bits per heavy atom. The van der Waals surface area contributed by atoms with Gasteiger partial charge in [-0.1, -0.05) is 48.4 Å². The maximum Gasteiger partial charge on any atom is 0.313 e. The minimum absolute atomic E-state index is 0.0288. The number of rotatable bonds is 3. The van der Waals surface area contributed by atoms with Gasteiger partial charge in [-0.05, 0) is 31.7 Å². The Balaban J connectivity index is 2.17. The van der Waals surface area contributed by atoms with Crippen molar-refractivity contribution in [3.05, 3.63) is 41.5 Å². The molecule has 0 unspecified atom stereocenters. The molecule has 96 valence electrons. The van der Waals surface area contributed by atoms with E-state index in [1.165, 1.54) is 17.6 Å². The second-order valence-corrected chi connectivity index (χ2v) is 4.68. The second kappa shape index (κ2) is 6.39. The summed E-state index contributed by atoms with van der Waals surface area (Å²) in [5, 5.41) is 0. The zero-order valence-corrected chi connectivity index (χ0v) is 10.9. The van der Waals surface area contributed by atoms with Gasteiger partial charge in [0.25, 0.3) is 0 Å². The molecule has 2 rings (SSSR count). The van der Waals surface area contributed by atoms with Crippen molar-refractivity contribution >= 4 is 12.0 Å². The lowest BCUT2D eigenvalue weighted by atomic mass is 9.83. The average Bonchev–Trinajstić information content (AvgIpc) is 2.41. The molecule has 2 heteroatoms. The van der Waals surface area contributed by atoms with Gasteiger partial charge in [0.05, 0.1) is 12.5 Å². The van der Waals surface area contributed by atoms with Crippen molar-refractivity contribution in [3.8, 4) is 0 Å². The number of hydrogen-bond donors (Lipinski definition) is 0. The fourth-order valence-corrected chi connectivity index (χ4v) is 2.49. The fraction of sp³-hybridized carbons (Fsp3) is 0.438. The molecule has 0 N–H and O–H groups in total. The van der Waals surface area contributed by atoms with Gasteiger partial charge in [-0.25, -0.2) is 0 Å². The minimum atomic E-state index is -0.0561. The molecule has 0 bridgehead atoms. The van der Waals surface area contributed by atoms with Crippen molar-refractivity contribution in [2.75, 3.05) is 6.61 Å². The molecule has 1 aliphatic carbocycles. The molecule has 0 saturated heterocycles. The van der Waals surface area contributed by atoms with Gasteiger partial charge in [0.1, 0.15) is 0 Å². The van der Waals surface area contributed by atoms with Crippen molar-refractivity contribution in [1.82, 2.24) is 0 Å². The standard InChI is InChI=1S/C16H20O2/c1-2-18-16(17)15-11-7-6-10-14(15)12-13-8-4-3-5-9-13/h3-5,8-9,12,15H,2,6-7,10-11H2,1H3/t15-/m0/s1. The Morgan fingerprint density at radius 3 is 2.83 bits per heavy atom. The maximum absolute atomic E-state index is 11.9. The number of esters is 1. The van der Waals surface area contributed by atoms with E-state index in [4.69, 9.17) is 4.74 Å². The van der Waals surface area contributed by atoms with E-state index in [2.05, 4.69) is 18.2 Å². The topological polar surface area (TPSA) is 26.3 Å². The van der Waals surface area contributed by atoms with Crippen LogP contribution < -0.4 is 0 Å². The molecule has 0 amide bonds. The summed E-state index contributed by atoms with van der Waals surface area (Å²) in [5.41, 5.74) is 2.40. The Morgan fingerprint density at radius 1 is 1.33 bits per heavy atom. The maximum atomic E-state index is 11.9. The lowest BCUT2D eigenvalue weighted by Gasteiger charge is -2.23. The average molecular weight is 244 g/mol. The first-order valence-corrected chi connectivity index (χ1v) is 6.73. The van der Waals surface area contributed by atoms with Crippen LogP contribution in [0.1, 0.15) is 38.2 Å². The molecule has 0 heterocycles. The van der Waals surface area contributed by atoms with Crippen LogP contribution >= 0.6 is 0 Å². The smallest absolute Gasteiger partial charge is 0.313 e. The molecule has 0 radical (unpaired) electrons. The highest BCUT2D eigenvalue weighted by atomic mass is 16.5. The molecule has 1 fully saturated rings. The Labute approximate surface area is 109 Å². The molecule has 1 saturated carbocycles. The van der Waals surface area contributed by atoms with Crippen LogP contribution in [0, 0.1) is 5.92 Å². The second-order valence-electron chi connectivity index (χ2n) is 4.68. The molecule has 18 heavy (non-hydrogen) atoms. The Bertz CT molecular complexity index is 420. The molecule has 1 aromatic carbocycles. The van der Waals surface area contributed by atoms with Gasteiger partial charge >= 0.3 is 5.97 Å². The molecule has 1 aliphatic rings. The van der Waals surface area contributed by atoms with Crippen molar-refractivity contribution in [1.29, 1.82) is 0 Å². The normalized spacial score (nSPS) is 21.8. The van der Waals surface area contributed by atoms with Gasteiger partial charge in [-0.3, -0.25) is 4.79 Å². The first-order chi connectivity index (χ1) is 8.81. The molecule has 0 aromatic heterocycles. The van der Waals surface area contributed by atoms with Crippen LogP contribution in [-0.4, -0.2) is 12.6 Å². The number of carbonyl (C=O) groups excluding carboxylic acids is 1. The largest absolute Gasteiger partial charge is 0.466 e. The molecule has 0 spiro atoms. The third-order valence-corrected chi connectivity index (χ3v) is 3.38. The Kier molecular flexibility index (Phi) is 4.57. The number of benzene rings is 1. The summed E-state index contributed by atoms with van der Waals surface area (Å²) in [5.74, 6) is -0.0849. The highest BCUT2D eigenvalue weighted by molar-refractivity contribution is 5.78. The third-order valence-electron chi connectivity index (χ3n) is 3.38.